The summed E-state index contributed by atoms with van der Waals surface area (Å²) in [5, 5.41) is 0. The maximum atomic E-state index is 10.6. The van der Waals surface area contributed by atoms with Gasteiger partial charge in [0.25, 0.3) is 0 Å². The molecule has 3 rings (SSSR count). The summed E-state index contributed by atoms with van der Waals surface area (Å²) < 4.78 is 0. The van der Waals surface area contributed by atoms with Gasteiger partial charge in [-0.1, -0.05) is 24.3 Å². The summed E-state index contributed by atoms with van der Waals surface area (Å²) in [6.45, 7) is 5.58. The number of isocyanates is 1. The second-order valence-corrected chi connectivity index (χ2v) is 6.36. The lowest BCUT2D eigenvalue weighted by atomic mass is 9.72. The van der Waals surface area contributed by atoms with Crippen molar-refractivity contribution in [3.05, 3.63) is 35.4 Å². The average Bonchev–Trinajstić information content (AvgIpc) is 2.46. The number of aliphatic imine (C=N–C) groups is 1. The van der Waals surface area contributed by atoms with E-state index >= 15 is 0 Å². The largest absolute Gasteiger partial charge is 0.304 e. The summed E-state index contributed by atoms with van der Waals surface area (Å²) in [5.74, 6) is 0. The maximum Gasteiger partial charge on any atom is 0.235 e. The van der Waals surface area contributed by atoms with E-state index in [2.05, 4.69) is 46.1 Å². The third-order valence-corrected chi connectivity index (χ3v) is 4.93. The van der Waals surface area contributed by atoms with Gasteiger partial charge in [-0.3, -0.25) is 4.90 Å². The van der Waals surface area contributed by atoms with E-state index in [1.54, 1.807) is 6.08 Å². The summed E-state index contributed by atoms with van der Waals surface area (Å²) in [4.78, 5) is 19.6. The van der Waals surface area contributed by atoms with Gasteiger partial charge in [-0.25, -0.2) is 4.79 Å². The van der Waals surface area contributed by atoms with E-state index in [4.69, 9.17) is 0 Å². The molecule has 2 aliphatic rings. The first-order valence-corrected chi connectivity index (χ1v) is 7.81. The van der Waals surface area contributed by atoms with Crippen molar-refractivity contribution in [3.8, 4) is 0 Å². The minimum Gasteiger partial charge on any atom is -0.304 e. The minimum absolute atomic E-state index is 0.270. The number of hydrogen-bond acceptors (Lipinski definition) is 4. The molecule has 0 amide bonds. The van der Waals surface area contributed by atoms with Crippen LogP contribution in [0.4, 0.5) is 0 Å². The number of piperazine rings is 1. The molecule has 4 heteroatoms. The Morgan fingerprint density at radius 3 is 2.33 bits per heavy atom. The fraction of sp³-hybridized carbons (Fsp3) is 0.588. The number of hydrogen-bond donors (Lipinski definition) is 0. The molecule has 1 saturated heterocycles. The van der Waals surface area contributed by atoms with E-state index in [0.29, 0.717) is 0 Å². The summed E-state index contributed by atoms with van der Waals surface area (Å²) in [6, 6.07) is 8.67. The topological polar surface area (TPSA) is 35.9 Å². The maximum absolute atomic E-state index is 10.6. The summed E-state index contributed by atoms with van der Waals surface area (Å²) >= 11 is 0. The molecule has 0 spiro atoms. The van der Waals surface area contributed by atoms with Gasteiger partial charge in [0.1, 0.15) is 0 Å². The zero-order valence-corrected chi connectivity index (χ0v) is 12.7. The van der Waals surface area contributed by atoms with E-state index in [1.165, 1.54) is 11.1 Å². The molecule has 0 unspecified atom stereocenters. The van der Waals surface area contributed by atoms with Crippen molar-refractivity contribution in [1.29, 1.82) is 0 Å². The predicted octanol–water partition coefficient (Wildman–Crippen LogP) is 2.15. The fourth-order valence-corrected chi connectivity index (χ4v) is 3.25. The first kappa shape index (κ1) is 14.5. The summed E-state index contributed by atoms with van der Waals surface area (Å²) in [6.07, 6.45) is 4.85. The highest BCUT2D eigenvalue weighted by molar-refractivity contribution is 5.40. The molecule has 1 aliphatic heterocycles. The molecule has 1 aliphatic carbocycles. The number of likely N-dealkylation sites (N-methyl/N-ethyl adjacent to an activating group) is 1. The zero-order valence-electron chi connectivity index (χ0n) is 12.7. The van der Waals surface area contributed by atoms with Crippen LogP contribution in [0.15, 0.2) is 29.3 Å². The SMILES string of the molecule is CN1CCN(Cc2ccc(C3(N=C=O)CCC3)cc2)CC1. The van der Waals surface area contributed by atoms with E-state index in [0.717, 1.165) is 52.0 Å². The van der Waals surface area contributed by atoms with Gasteiger partial charge >= 0.3 is 0 Å². The highest BCUT2D eigenvalue weighted by atomic mass is 16.1. The Balaban J connectivity index is 1.65. The molecule has 21 heavy (non-hydrogen) atoms. The molecule has 0 N–H and O–H groups in total. The van der Waals surface area contributed by atoms with Crippen LogP contribution in [-0.4, -0.2) is 49.1 Å². The molecule has 0 aromatic heterocycles. The Morgan fingerprint density at radius 1 is 1.14 bits per heavy atom. The van der Waals surface area contributed by atoms with Crippen LogP contribution in [0, 0.1) is 0 Å². The predicted molar refractivity (Wildman–Crippen MR) is 82.9 cm³/mol. The Bertz CT molecular complexity index is 521. The van der Waals surface area contributed by atoms with Crippen molar-refractivity contribution in [2.75, 3.05) is 33.2 Å². The Hall–Kier alpha value is -1.48. The van der Waals surface area contributed by atoms with Gasteiger partial charge in [-0.15, -0.1) is 0 Å². The highest BCUT2D eigenvalue weighted by Gasteiger charge is 2.38. The molecule has 2 fully saturated rings. The van der Waals surface area contributed by atoms with Crippen molar-refractivity contribution < 1.29 is 4.79 Å². The van der Waals surface area contributed by atoms with Crippen LogP contribution in [0.1, 0.15) is 30.4 Å². The van der Waals surface area contributed by atoms with Crippen LogP contribution >= 0.6 is 0 Å². The quantitative estimate of drug-likeness (QED) is 0.628. The van der Waals surface area contributed by atoms with Crippen LogP contribution in [0.25, 0.3) is 0 Å². The molecule has 0 bridgehead atoms. The first-order chi connectivity index (χ1) is 10.2. The van der Waals surface area contributed by atoms with Gasteiger partial charge in [0.2, 0.25) is 6.08 Å². The number of nitrogens with zero attached hydrogens (tertiary/aromatic N) is 3. The van der Waals surface area contributed by atoms with Crippen LogP contribution in [0.3, 0.4) is 0 Å². The van der Waals surface area contributed by atoms with Gasteiger partial charge in [0.15, 0.2) is 0 Å². The van der Waals surface area contributed by atoms with E-state index < -0.39 is 0 Å². The summed E-state index contributed by atoms with van der Waals surface area (Å²) in [5.41, 5.74) is 2.24. The molecule has 1 aromatic rings. The summed E-state index contributed by atoms with van der Waals surface area (Å²) in [7, 11) is 2.18. The van der Waals surface area contributed by atoms with Crippen molar-refractivity contribution in [2.45, 2.75) is 31.3 Å². The second kappa shape index (κ2) is 6.10. The van der Waals surface area contributed by atoms with Gasteiger partial charge in [0.05, 0.1) is 5.54 Å². The monoisotopic (exact) mass is 285 g/mol. The normalized spacial score (nSPS) is 22.3. The van der Waals surface area contributed by atoms with Gasteiger partial charge < -0.3 is 4.90 Å². The smallest absolute Gasteiger partial charge is 0.235 e. The van der Waals surface area contributed by atoms with Crippen LogP contribution in [0.5, 0.6) is 0 Å². The molecule has 1 heterocycles. The minimum atomic E-state index is -0.270. The van der Waals surface area contributed by atoms with Crippen LogP contribution in [0.2, 0.25) is 0 Å². The molecular weight excluding hydrogens is 262 g/mol. The number of carbonyl (C=O) groups excluding carboxylic acids is 1. The van der Waals surface area contributed by atoms with Crippen molar-refractivity contribution in [1.82, 2.24) is 9.80 Å². The zero-order chi connectivity index (χ0) is 14.7. The Morgan fingerprint density at radius 2 is 1.81 bits per heavy atom. The number of rotatable bonds is 4. The molecule has 0 radical (unpaired) electrons. The molecule has 4 nitrogen and oxygen atoms in total. The standard InChI is InChI=1S/C17H23N3O/c1-19-9-11-20(12-10-19)13-15-3-5-16(6-4-15)17(18-14-21)7-2-8-17/h3-6H,2,7-13H2,1H3. The lowest BCUT2D eigenvalue weighted by Gasteiger charge is -2.37. The molecule has 1 aromatic carbocycles. The second-order valence-electron chi connectivity index (χ2n) is 6.36. The van der Waals surface area contributed by atoms with Gasteiger partial charge in [-0.05, 0) is 37.4 Å². The van der Waals surface area contributed by atoms with E-state index in [1.807, 2.05) is 0 Å². The third kappa shape index (κ3) is 3.08. The molecule has 0 atom stereocenters. The van der Waals surface area contributed by atoms with Crippen molar-refractivity contribution in [3.63, 3.8) is 0 Å². The molecule has 1 saturated carbocycles. The lowest BCUT2D eigenvalue weighted by Crippen LogP contribution is -2.43. The number of benzene rings is 1. The Labute approximate surface area is 126 Å². The van der Waals surface area contributed by atoms with Gasteiger partial charge in [0, 0.05) is 32.7 Å². The third-order valence-electron chi connectivity index (χ3n) is 4.93. The lowest BCUT2D eigenvalue weighted by molar-refractivity contribution is 0.148. The van der Waals surface area contributed by atoms with Crippen LogP contribution in [-0.2, 0) is 16.9 Å². The molecular formula is C17H23N3O. The van der Waals surface area contributed by atoms with Crippen LogP contribution < -0.4 is 0 Å². The van der Waals surface area contributed by atoms with E-state index in [-0.39, 0.29) is 5.54 Å². The van der Waals surface area contributed by atoms with Crippen molar-refractivity contribution in [2.24, 2.45) is 4.99 Å². The highest BCUT2D eigenvalue weighted by Crippen LogP contribution is 2.44. The van der Waals surface area contributed by atoms with E-state index in [9.17, 15) is 4.79 Å². The van der Waals surface area contributed by atoms with Gasteiger partial charge in [-0.2, -0.15) is 4.99 Å². The van der Waals surface area contributed by atoms with Crippen molar-refractivity contribution >= 4 is 6.08 Å². The molecule has 112 valence electrons. The fourth-order valence-electron chi connectivity index (χ4n) is 3.25. The first-order valence-electron chi connectivity index (χ1n) is 7.81. The average molecular weight is 285 g/mol. The Kier molecular flexibility index (Phi) is 4.20.